The Morgan fingerprint density at radius 1 is 1.47 bits per heavy atom. The summed E-state index contributed by atoms with van der Waals surface area (Å²) in [4.78, 5) is 0.0899. The molecule has 8 heteroatoms. The number of benzene rings is 1. The number of nitrogens with two attached hydrogens (primary N) is 1. The summed E-state index contributed by atoms with van der Waals surface area (Å²) in [7, 11) is -2.24. The number of hydrogen-bond donors (Lipinski definition) is 3. The second-order valence-electron chi connectivity index (χ2n) is 3.75. The SMILES string of the molecule is CCCNS(=O)(=O)Nc1c(OC)cccc1C(N)=S. The van der Waals surface area contributed by atoms with Crippen molar-refractivity contribution in [2.24, 2.45) is 5.73 Å². The maximum absolute atomic E-state index is 11.8. The first kappa shape index (κ1) is 15.7. The molecule has 4 N–H and O–H groups in total. The van der Waals surface area contributed by atoms with Crippen LogP contribution in [-0.2, 0) is 10.2 Å². The van der Waals surface area contributed by atoms with Crippen LogP contribution >= 0.6 is 12.2 Å². The normalized spacial score (nSPS) is 11.1. The zero-order valence-corrected chi connectivity index (χ0v) is 12.4. The van der Waals surface area contributed by atoms with E-state index in [0.29, 0.717) is 24.3 Å². The third-order valence-corrected chi connectivity index (χ3v) is 3.57. The van der Waals surface area contributed by atoms with Crippen molar-refractivity contribution in [3.63, 3.8) is 0 Å². The third kappa shape index (κ3) is 4.34. The maximum Gasteiger partial charge on any atom is 0.299 e. The van der Waals surface area contributed by atoms with E-state index in [4.69, 9.17) is 22.7 Å². The summed E-state index contributed by atoms with van der Waals surface area (Å²) in [5, 5.41) is 0. The molecule has 0 aliphatic rings. The van der Waals surface area contributed by atoms with Gasteiger partial charge >= 0.3 is 0 Å². The molecule has 0 heterocycles. The largest absolute Gasteiger partial charge is 0.495 e. The molecule has 0 aliphatic heterocycles. The molecule has 19 heavy (non-hydrogen) atoms. The quantitative estimate of drug-likeness (QED) is 0.653. The Morgan fingerprint density at radius 2 is 2.16 bits per heavy atom. The number of hydrogen-bond acceptors (Lipinski definition) is 4. The Kier molecular flexibility index (Phi) is 5.52. The van der Waals surface area contributed by atoms with Crippen LogP contribution in [0, 0.1) is 0 Å². The van der Waals surface area contributed by atoms with Crippen LogP contribution in [0.25, 0.3) is 0 Å². The topological polar surface area (TPSA) is 93.5 Å². The van der Waals surface area contributed by atoms with Crippen LogP contribution in [0.2, 0.25) is 0 Å². The fourth-order valence-electron chi connectivity index (χ4n) is 1.42. The van der Waals surface area contributed by atoms with Crippen LogP contribution < -0.4 is 19.9 Å². The highest BCUT2D eigenvalue weighted by Crippen LogP contribution is 2.29. The van der Waals surface area contributed by atoms with E-state index in [9.17, 15) is 8.42 Å². The van der Waals surface area contributed by atoms with E-state index in [1.807, 2.05) is 6.92 Å². The van der Waals surface area contributed by atoms with E-state index in [1.165, 1.54) is 7.11 Å². The second-order valence-corrected chi connectivity index (χ2v) is 5.69. The molecule has 0 saturated carbocycles. The number of ether oxygens (including phenoxy) is 1. The lowest BCUT2D eigenvalue weighted by Gasteiger charge is -2.15. The Bertz CT molecular complexity index is 558. The van der Waals surface area contributed by atoms with Crippen molar-refractivity contribution in [1.82, 2.24) is 4.72 Å². The van der Waals surface area contributed by atoms with Crippen molar-refractivity contribution in [2.75, 3.05) is 18.4 Å². The summed E-state index contributed by atoms with van der Waals surface area (Å²) >= 11 is 4.90. The molecular formula is C11H17N3O3S2. The summed E-state index contributed by atoms with van der Waals surface area (Å²) < 4.78 is 33.6. The highest BCUT2D eigenvalue weighted by Gasteiger charge is 2.17. The molecule has 1 aromatic carbocycles. The van der Waals surface area contributed by atoms with Gasteiger partial charge in [0, 0.05) is 12.1 Å². The first-order valence-electron chi connectivity index (χ1n) is 5.65. The minimum atomic E-state index is -3.68. The lowest BCUT2D eigenvalue weighted by Crippen LogP contribution is -2.31. The van der Waals surface area contributed by atoms with Gasteiger partial charge in [0.25, 0.3) is 10.2 Å². The van der Waals surface area contributed by atoms with Crippen LogP contribution in [-0.4, -0.2) is 27.1 Å². The maximum atomic E-state index is 11.8. The molecule has 6 nitrogen and oxygen atoms in total. The van der Waals surface area contributed by atoms with E-state index in [1.54, 1.807) is 18.2 Å². The van der Waals surface area contributed by atoms with Crippen molar-refractivity contribution >= 4 is 33.1 Å². The van der Waals surface area contributed by atoms with Gasteiger partial charge in [-0.2, -0.15) is 13.1 Å². The van der Waals surface area contributed by atoms with Crippen molar-refractivity contribution in [3.8, 4) is 5.75 Å². The number of rotatable bonds is 7. The number of thiocarbonyl (C=S) groups is 1. The van der Waals surface area contributed by atoms with E-state index < -0.39 is 10.2 Å². The molecule has 0 atom stereocenters. The number of nitrogens with one attached hydrogen (secondary N) is 2. The summed E-state index contributed by atoms with van der Waals surface area (Å²) in [6, 6.07) is 4.94. The Balaban J connectivity index is 3.15. The van der Waals surface area contributed by atoms with Gasteiger partial charge in [-0.05, 0) is 18.6 Å². The Labute approximate surface area is 118 Å². The molecule has 1 aromatic rings. The predicted molar refractivity (Wildman–Crippen MR) is 79.7 cm³/mol. The van der Waals surface area contributed by atoms with E-state index >= 15 is 0 Å². The zero-order valence-electron chi connectivity index (χ0n) is 10.8. The van der Waals surface area contributed by atoms with Gasteiger partial charge in [0.15, 0.2) is 0 Å². The van der Waals surface area contributed by atoms with Gasteiger partial charge in [-0.25, -0.2) is 0 Å². The average molecular weight is 303 g/mol. The molecule has 0 aliphatic carbocycles. The summed E-state index contributed by atoms with van der Waals surface area (Å²) in [5.74, 6) is 0.354. The highest BCUT2D eigenvalue weighted by atomic mass is 32.2. The van der Waals surface area contributed by atoms with E-state index in [-0.39, 0.29) is 10.7 Å². The first-order chi connectivity index (χ1) is 8.91. The van der Waals surface area contributed by atoms with Crippen LogP contribution in [0.15, 0.2) is 18.2 Å². The van der Waals surface area contributed by atoms with Gasteiger partial charge in [-0.1, -0.05) is 25.2 Å². The minimum Gasteiger partial charge on any atom is -0.495 e. The number of anilines is 1. The lowest BCUT2D eigenvalue weighted by atomic mass is 10.1. The van der Waals surface area contributed by atoms with Gasteiger partial charge in [-0.3, -0.25) is 4.72 Å². The fraction of sp³-hybridized carbons (Fsp3) is 0.364. The second kappa shape index (κ2) is 6.69. The molecule has 1 rings (SSSR count). The van der Waals surface area contributed by atoms with Gasteiger partial charge in [0.2, 0.25) is 0 Å². The van der Waals surface area contributed by atoms with Gasteiger partial charge in [0.05, 0.1) is 7.11 Å². The van der Waals surface area contributed by atoms with E-state index in [2.05, 4.69) is 9.44 Å². The molecule has 0 radical (unpaired) electrons. The number of methoxy groups -OCH3 is 1. The molecule has 106 valence electrons. The van der Waals surface area contributed by atoms with Crippen LogP contribution in [0.4, 0.5) is 5.69 Å². The predicted octanol–water partition coefficient (Wildman–Crippen LogP) is 0.986. The Hall–Kier alpha value is -1.38. The first-order valence-corrected chi connectivity index (χ1v) is 7.54. The molecule has 0 saturated heterocycles. The standard InChI is InChI=1S/C11H17N3O3S2/c1-3-7-13-19(15,16)14-10-8(11(12)18)5-4-6-9(10)17-2/h4-6,13-14H,3,7H2,1-2H3,(H2,12,18). The zero-order chi connectivity index (χ0) is 14.5. The molecule has 0 unspecified atom stereocenters. The Morgan fingerprint density at radius 3 is 2.68 bits per heavy atom. The van der Waals surface area contributed by atoms with Gasteiger partial charge in [-0.15, -0.1) is 0 Å². The van der Waals surface area contributed by atoms with Crippen molar-refractivity contribution in [3.05, 3.63) is 23.8 Å². The molecule has 0 amide bonds. The van der Waals surface area contributed by atoms with Crippen molar-refractivity contribution < 1.29 is 13.2 Å². The van der Waals surface area contributed by atoms with Crippen molar-refractivity contribution in [2.45, 2.75) is 13.3 Å². The molecule has 0 fully saturated rings. The van der Waals surface area contributed by atoms with Crippen LogP contribution in [0.3, 0.4) is 0 Å². The van der Waals surface area contributed by atoms with Crippen LogP contribution in [0.1, 0.15) is 18.9 Å². The fourth-order valence-corrected chi connectivity index (χ4v) is 2.61. The molecular weight excluding hydrogens is 286 g/mol. The monoisotopic (exact) mass is 303 g/mol. The third-order valence-electron chi connectivity index (χ3n) is 2.29. The van der Waals surface area contributed by atoms with E-state index in [0.717, 1.165) is 0 Å². The van der Waals surface area contributed by atoms with Crippen LogP contribution in [0.5, 0.6) is 5.75 Å². The summed E-state index contributed by atoms with van der Waals surface area (Å²) in [6.45, 7) is 2.21. The van der Waals surface area contributed by atoms with Gasteiger partial charge in [0.1, 0.15) is 16.4 Å². The summed E-state index contributed by atoms with van der Waals surface area (Å²) in [6.07, 6.45) is 0.689. The smallest absolute Gasteiger partial charge is 0.299 e. The number of para-hydroxylation sites is 1. The average Bonchev–Trinajstić information content (AvgIpc) is 2.36. The van der Waals surface area contributed by atoms with Gasteiger partial charge < -0.3 is 10.5 Å². The molecule has 0 aromatic heterocycles. The lowest BCUT2D eigenvalue weighted by molar-refractivity contribution is 0.417. The minimum absolute atomic E-state index is 0.0899. The van der Waals surface area contributed by atoms with Crippen molar-refractivity contribution in [1.29, 1.82) is 0 Å². The highest BCUT2D eigenvalue weighted by molar-refractivity contribution is 7.90. The summed E-state index contributed by atoms with van der Waals surface area (Å²) in [5.41, 5.74) is 6.23. The molecule has 0 bridgehead atoms. The molecule has 0 spiro atoms.